The molecule has 2 N–H and O–H groups in total. The van der Waals surface area contributed by atoms with E-state index in [0.717, 1.165) is 0 Å². The quantitative estimate of drug-likeness (QED) is 0.676. The van der Waals surface area contributed by atoms with Crippen LogP contribution in [0.3, 0.4) is 0 Å². The number of methoxy groups -OCH3 is 1. The van der Waals surface area contributed by atoms with Crippen molar-refractivity contribution in [2.45, 2.75) is 32.2 Å². The van der Waals surface area contributed by atoms with Crippen molar-refractivity contribution in [3.05, 3.63) is 0 Å². The predicted octanol–water partition coefficient (Wildman–Crippen LogP) is 0.444. The minimum atomic E-state index is -0.988. The molecular weight excluding hydrogens is 240 g/mol. The second-order valence-electron chi connectivity index (χ2n) is 4.63. The zero-order chi connectivity index (χ0) is 14.3. The summed E-state index contributed by atoms with van der Waals surface area (Å²) in [5, 5.41) is 11.3. The van der Waals surface area contributed by atoms with Crippen LogP contribution in [-0.4, -0.2) is 54.2 Å². The average molecular weight is 260 g/mol. The number of hydrogen-bond acceptors (Lipinski definition) is 4. The molecule has 18 heavy (non-hydrogen) atoms. The Balaban J connectivity index is 4.22. The maximum Gasteiger partial charge on any atom is 0.317 e. The van der Waals surface area contributed by atoms with Gasteiger partial charge in [-0.25, -0.2) is 4.79 Å². The molecule has 2 amide bonds. The molecule has 7 heteroatoms. The van der Waals surface area contributed by atoms with Gasteiger partial charge in [-0.05, 0) is 13.8 Å². The number of carbonyl (C=O) groups is 3. The molecule has 0 aliphatic heterocycles. The van der Waals surface area contributed by atoms with Crippen LogP contribution in [0.15, 0.2) is 0 Å². The van der Waals surface area contributed by atoms with Crippen molar-refractivity contribution in [2.24, 2.45) is 0 Å². The maximum absolute atomic E-state index is 11.7. The lowest BCUT2D eigenvalue weighted by Gasteiger charge is -2.27. The van der Waals surface area contributed by atoms with E-state index in [9.17, 15) is 14.4 Å². The number of hydrogen-bond donors (Lipinski definition) is 2. The number of esters is 1. The Morgan fingerprint density at radius 1 is 1.33 bits per heavy atom. The van der Waals surface area contributed by atoms with Crippen molar-refractivity contribution in [1.82, 2.24) is 10.2 Å². The summed E-state index contributed by atoms with van der Waals surface area (Å²) in [7, 11) is 2.80. The topological polar surface area (TPSA) is 95.9 Å². The number of carboxylic acid groups (broad SMARTS) is 1. The smallest absolute Gasteiger partial charge is 0.317 e. The number of rotatable bonds is 6. The molecule has 0 bridgehead atoms. The highest BCUT2D eigenvalue weighted by Gasteiger charge is 2.25. The number of aliphatic carboxylic acids is 1. The van der Waals surface area contributed by atoms with Crippen molar-refractivity contribution in [1.29, 1.82) is 0 Å². The Kier molecular flexibility index (Phi) is 6.15. The van der Waals surface area contributed by atoms with Gasteiger partial charge in [-0.3, -0.25) is 9.59 Å². The van der Waals surface area contributed by atoms with Gasteiger partial charge in [0.2, 0.25) is 0 Å². The fraction of sp³-hybridized carbons (Fsp3) is 0.727. The summed E-state index contributed by atoms with van der Waals surface area (Å²) in [6, 6.07) is -0.426. The van der Waals surface area contributed by atoms with Crippen molar-refractivity contribution in [3.63, 3.8) is 0 Å². The summed E-state index contributed by atoms with van der Waals surface area (Å²) in [5.74, 6) is -1.39. The lowest BCUT2D eigenvalue weighted by Crippen LogP contribution is -2.50. The van der Waals surface area contributed by atoms with Gasteiger partial charge in [0.25, 0.3) is 0 Å². The molecule has 0 unspecified atom stereocenters. The first kappa shape index (κ1) is 16.2. The SMILES string of the molecule is COC(=O)CCN(C)C(=O)NC(C)(C)CC(=O)O. The Morgan fingerprint density at radius 3 is 2.33 bits per heavy atom. The molecule has 0 heterocycles. The van der Waals surface area contributed by atoms with Gasteiger partial charge in [0.15, 0.2) is 0 Å². The highest BCUT2D eigenvalue weighted by Crippen LogP contribution is 2.08. The van der Waals surface area contributed by atoms with Crippen LogP contribution >= 0.6 is 0 Å². The molecule has 0 aromatic heterocycles. The Labute approximate surface area is 106 Å². The van der Waals surface area contributed by atoms with E-state index in [1.807, 2.05) is 0 Å². The molecular formula is C11H20N2O5. The third kappa shape index (κ3) is 6.72. The van der Waals surface area contributed by atoms with E-state index in [4.69, 9.17) is 5.11 Å². The molecule has 0 saturated carbocycles. The fourth-order valence-electron chi connectivity index (χ4n) is 1.27. The average Bonchev–Trinajstić information content (AvgIpc) is 2.22. The van der Waals surface area contributed by atoms with Gasteiger partial charge in [-0.15, -0.1) is 0 Å². The standard InChI is InChI=1S/C11H20N2O5/c1-11(2,7-8(14)15)12-10(17)13(3)6-5-9(16)18-4/h5-7H2,1-4H3,(H,12,17)(H,14,15). The number of ether oxygens (including phenoxy) is 1. The van der Waals surface area contributed by atoms with Gasteiger partial charge < -0.3 is 20.1 Å². The second-order valence-corrected chi connectivity index (χ2v) is 4.63. The van der Waals surface area contributed by atoms with Gasteiger partial charge in [-0.2, -0.15) is 0 Å². The monoisotopic (exact) mass is 260 g/mol. The zero-order valence-corrected chi connectivity index (χ0v) is 11.1. The van der Waals surface area contributed by atoms with Crippen molar-refractivity contribution in [3.8, 4) is 0 Å². The van der Waals surface area contributed by atoms with Gasteiger partial charge in [0, 0.05) is 19.1 Å². The fourth-order valence-corrected chi connectivity index (χ4v) is 1.27. The first-order chi connectivity index (χ1) is 8.18. The van der Waals surface area contributed by atoms with Crippen LogP contribution in [0.4, 0.5) is 4.79 Å². The largest absolute Gasteiger partial charge is 0.481 e. The summed E-state index contributed by atoms with van der Waals surface area (Å²) < 4.78 is 4.46. The van der Waals surface area contributed by atoms with Crippen LogP contribution in [-0.2, 0) is 14.3 Å². The maximum atomic E-state index is 11.7. The number of nitrogens with zero attached hydrogens (tertiary/aromatic N) is 1. The number of carbonyl (C=O) groups excluding carboxylic acids is 2. The first-order valence-corrected chi connectivity index (χ1v) is 5.50. The third-order valence-corrected chi connectivity index (χ3v) is 2.26. The molecule has 0 aromatic carbocycles. The number of nitrogens with one attached hydrogen (secondary N) is 1. The minimum absolute atomic E-state index is 0.0970. The van der Waals surface area contributed by atoms with Gasteiger partial charge in [0.1, 0.15) is 0 Å². The lowest BCUT2D eigenvalue weighted by molar-refractivity contribution is -0.141. The minimum Gasteiger partial charge on any atom is -0.481 e. The van der Waals surface area contributed by atoms with Gasteiger partial charge >= 0.3 is 18.0 Å². The normalized spacial score (nSPS) is 10.7. The Hall–Kier alpha value is -1.79. The Bertz CT molecular complexity index is 327. The van der Waals surface area contributed by atoms with Crippen LogP contribution in [0.25, 0.3) is 0 Å². The summed E-state index contributed by atoms with van der Waals surface area (Å²) in [4.78, 5) is 34.5. The molecule has 0 spiro atoms. The number of urea groups is 1. The molecule has 0 saturated heterocycles. The molecule has 0 rings (SSSR count). The molecule has 0 fully saturated rings. The Morgan fingerprint density at radius 2 is 1.89 bits per heavy atom. The van der Waals surface area contributed by atoms with Crippen LogP contribution < -0.4 is 5.32 Å². The van der Waals surface area contributed by atoms with E-state index in [0.29, 0.717) is 0 Å². The third-order valence-electron chi connectivity index (χ3n) is 2.26. The molecule has 0 aromatic rings. The van der Waals surface area contributed by atoms with Crippen LogP contribution in [0.1, 0.15) is 26.7 Å². The van der Waals surface area contributed by atoms with E-state index in [-0.39, 0.29) is 19.4 Å². The molecule has 0 radical (unpaired) electrons. The highest BCUT2D eigenvalue weighted by atomic mass is 16.5. The first-order valence-electron chi connectivity index (χ1n) is 5.50. The number of amides is 2. The van der Waals surface area contributed by atoms with E-state index < -0.39 is 23.5 Å². The predicted molar refractivity (Wildman–Crippen MR) is 64.1 cm³/mol. The number of carboxylic acids is 1. The summed E-state index contributed by atoms with van der Waals surface area (Å²) in [6.07, 6.45) is -0.0800. The van der Waals surface area contributed by atoms with Crippen LogP contribution in [0.5, 0.6) is 0 Å². The lowest BCUT2D eigenvalue weighted by atomic mass is 10.0. The highest BCUT2D eigenvalue weighted by molar-refractivity contribution is 5.77. The summed E-state index contributed by atoms with van der Waals surface area (Å²) in [5.41, 5.74) is -0.845. The zero-order valence-electron chi connectivity index (χ0n) is 11.1. The second kappa shape index (κ2) is 6.83. The molecule has 104 valence electrons. The van der Waals surface area contributed by atoms with Crippen LogP contribution in [0.2, 0.25) is 0 Å². The summed E-state index contributed by atoms with van der Waals surface area (Å²) in [6.45, 7) is 3.45. The summed E-state index contributed by atoms with van der Waals surface area (Å²) >= 11 is 0. The van der Waals surface area contributed by atoms with E-state index >= 15 is 0 Å². The molecule has 0 aliphatic rings. The van der Waals surface area contributed by atoms with E-state index in [1.165, 1.54) is 19.1 Å². The van der Waals surface area contributed by atoms with Gasteiger partial charge in [-0.1, -0.05) is 0 Å². The van der Waals surface area contributed by atoms with E-state index in [2.05, 4.69) is 10.1 Å². The molecule has 0 aliphatic carbocycles. The molecule has 0 atom stereocenters. The van der Waals surface area contributed by atoms with Gasteiger partial charge in [0.05, 0.1) is 20.0 Å². The van der Waals surface area contributed by atoms with Crippen LogP contribution in [0, 0.1) is 0 Å². The van der Waals surface area contributed by atoms with E-state index in [1.54, 1.807) is 13.8 Å². The van der Waals surface area contributed by atoms with Crippen molar-refractivity contribution >= 4 is 18.0 Å². The van der Waals surface area contributed by atoms with Crippen molar-refractivity contribution in [2.75, 3.05) is 20.7 Å². The van der Waals surface area contributed by atoms with Crippen molar-refractivity contribution < 1.29 is 24.2 Å². The molecule has 7 nitrogen and oxygen atoms in total.